The molecule has 1 aromatic heterocycles. The van der Waals surface area contributed by atoms with Gasteiger partial charge < -0.3 is 20.1 Å². The largest absolute Gasteiger partial charge is 0.394 e. The lowest BCUT2D eigenvalue weighted by atomic mass is 10.2. The van der Waals surface area contributed by atoms with Crippen LogP contribution in [0.25, 0.3) is 0 Å². The first-order chi connectivity index (χ1) is 7.20. The van der Waals surface area contributed by atoms with Crippen LogP contribution in [0.2, 0.25) is 0 Å². The highest BCUT2D eigenvalue weighted by atomic mass is 16.5. The molecule has 3 N–H and O–H groups in total. The Morgan fingerprint density at radius 3 is 3.07 bits per heavy atom. The summed E-state index contributed by atoms with van der Waals surface area (Å²) in [6, 6.07) is 0. The van der Waals surface area contributed by atoms with Crippen LogP contribution in [-0.4, -0.2) is 33.3 Å². The number of hydrogen-bond donors (Lipinski definition) is 2. The predicted octanol–water partition coefficient (Wildman–Crippen LogP) is -0.348. The van der Waals surface area contributed by atoms with Gasteiger partial charge in [0.15, 0.2) is 0 Å². The van der Waals surface area contributed by atoms with Crippen molar-refractivity contribution < 1.29 is 14.6 Å². The van der Waals surface area contributed by atoms with E-state index in [-0.39, 0.29) is 24.6 Å². The highest BCUT2D eigenvalue weighted by Gasteiger charge is 2.26. The second-order valence-corrected chi connectivity index (χ2v) is 3.54. The van der Waals surface area contributed by atoms with Crippen LogP contribution in [0.5, 0.6) is 0 Å². The number of aliphatic hydroxyl groups excluding tert-OH is 1. The molecular weight excluding hydrogens is 198 g/mol. The molecular formula is C9H13N3O3. The van der Waals surface area contributed by atoms with Gasteiger partial charge in [-0.05, 0) is 12.8 Å². The molecule has 0 aliphatic carbocycles. The minimum atomic E-state index is -0.551. The number of hydrogen-bond acceptors (Lipinski definition) is 4. The summed E-state index contributed by atoms with van der Waals surface area (Å²) in [4.78, 5) is 14.7. The fourth-order valence-corrected chi connectivity index (χ4v) is 1.66. The maximum Gasteiger partial charge on any atom is 0.268 e. The second-order valence-electron chi connectivity index (χ2n) is 3.54. The first-order valence-corrected chi connectivity index (χ1v) is 4.80. The number of primary amides is 1. The molecule has 0 bridgehead atoms. The van der Waals surface area contributed by atoms with E-state index in [1.54, 1.807) is 10.8 Å². The SMILES string of the molecule is NC(=O)c1cn([C@@H]2CC[C@@H](CO)O2)cn1. The molecule has 2 heterocycles. The minimum Gasteiger partial charge on any atom is -0.394 e. The van der Waals surface area contributed by atoms with Crippen LogP contribution in [0, 0.1) is 0 Å². The van der Waals surface area contributed by atoms with E-state index in [2.05, 4.69) is 4.98 Å². The molecule has 2 rings (SSSR count). The summed E-state index contributed by atoms with van der Waals surface area (Å²) in [7, 11) is 0. The monoisotopic (exact) mass is 211 g/mol. The molecule has 2 atom stereocenters. The fourth-order valence-electron chi connectivity index (χ4n) is 1.66. The Balaban J connectivity index is 2.07. The Bertz CT molecular complexity index is 363. The number of carbonyl (C=O) groups is 1. The number of carbonyl (C=O) groups excluding carboxylic acids is 1. The average Bonchev–Trinajstić information content (AvgIpc) is 2.86. The van der Waals surface area contributed by atoms with Crippen LogP contribution < -0.4 is 5.73 Å². The molecule has 1 aliphatic rings. The first kappa shape index (κ1) is 10.1. The molecule has 1 aliphatic heterocycles. The summed E-state index contributed by atoms with van der Waals surface area (Å²) in [6.07, 6.45) is 4.43. The van der Waals surface area contributed by atoms with Crippen molar-refractivity contribution in [1.29, 1.82) is 0 Å². The number of aromatic nitrogens is 2. The third-order valence-electron chi connectivity index (χ3n) is 2.48. The molecule has 1 fully saturated rings. The van der Waals surface area contributed by atoms with Crippen molar-refractivity contribution >= 4 is 5.91 Å². The van der Waals surface area contributed by atoms with Gasteiger partial charge in [0.05, 0.1) is 19.0 Å². The molecule has 0 unspecified atom stereocenters. The molecule has 0 spiro atoms. The van der Waals surface area contributed by atoms with Gasteiger partial charge in [0.25, 0.3) is 5.91 Å². The van der Waals surface area contributed by atoms with Gasteiger partial charge in [-0.25, -0.2) is 4.98 Å². The molecule has 1 saturated heterocycles. The van der Waals surface area contributed by atoms with Crippen molar-refractivity contribution in [2.75, 3.05) is 6.61 Å². The number of nitrogens with two attached hydrogens (primary N) is 1. The molecule has 1 amide bonds. The van der Waals surface area contributed by atoms with Crippen molar-refractivity contribution in [3.63, 3.8) is 0 Å². The summed E-state index contributed by atoms with van der Waals surface area (Å²) < 4.78 is 7.21. The normalized spacial score (nSPS) is 25.7. The maximum atomic E-state index is 10.8. The summed E-state index contributed by atoms with van der Waals surface area (Å²) in [6.45, 7) is 0.0217. The van der Waals surface area contributed by atoms with Gasteiger partial charge in [-0.15, -0.1) is 0 Å². The lowest BCUT2D eigenvalue weighted by Gasteiger charge is -2.12. The lowest BCUT2D eigenvalue weighted by molar-refractivity contribution is -0.0224. The van der Waals surface area contributed by atoms with Gasteiger partial charge in [-0.1, -0.05) is 0 Å². The van der Waals surface area contributed by atoms with Gasteiger partial charge in [0.1, 0.15) is 11.9 Å². The Kier molecular flexibility index (Phi) is 2.70. The zero-order valence-electron chi connectivity index (χ0n) is 8.17. The van der Waals surface area contributed by atoms with E-state index in [0.29, 0.717) is 0 Å². The standard InChI is InChI=1S/C9H13N3O3/c10-9(14)7-3-12(5-11-7)8-2-1-6(4-13)15-8/h3,5-6,8,13H,1-2,4H2,(H2,10,14)/t6-,8-/m0/s1. The van der Waals surface area contributed by atoms with Crippen LogP contribution in [-0.2, 0) is 4.74 Å². The highest BCUT2D eigenvalue weighted by molar-refractivity contribution is 5.90. The second kappa shape index (κ2) is 4.00. The summed E-state index contributed by atoms with van der Waals surface area (Å²) in [5, 5.41) is 8.90. The van der Waals surface area contributed by atoms with Crippen molar-refractivity contribution in [3.8, 4) is 0 Å². The number of nitrogens with zero attached hydrogens (tertiary/aromatic N) is 2. The summed E-state index contributed by atoms with van der Waals surface area (Å²) >= 11 is 0. The van der Waals surface area contributed by atoms with Crippen LogP contribution >= 0.6 is 0 Å². The molecule has 6 heteroatoms. The van der Waals surface area contributed by atoms with Crippen molar-refractivity contribution in [1.82, 2.24) is 9.55 Å². The molecule has 0 saturated carbocycles. The van der Waals surface area contributed by atoms with Gasteiger partial charge in [0, 0.05) is 6.20 Å². The Hall–Kier alpha value is -1.40. The number of rotatable bonds is 3. The van der Waals surface area contributed by atoms with Crippen molar-refractivity contribution in [3.05, 3.63) is 18.2 Å². The van der Waals surface area contributed by atoms with Gasteiger partial charge in [-0.2, -0.15) is 0 Å². The summed E-state index contributed by atoms with van der Waals surface area (Å²) in [5.74, 6) is -0.551. The molecule has 15 heavy (non-hydrogen) atoms. The molecule has 0 aromatic carbocycles. The number of imidazole rings is 1. The van der Waals surface area contributed by atoms with E-state index in [9.17, 15) is 4.79 Å². The fraction of sp³-hybridized carbons (Fsp3) is 0.556. The van der Waals surface area contributed by atoms with Crippen molar-refractivity contribution in [2.24, 2.45) is 5.73 Å². The smallest absolute Gasteiger partial charge is 0.268 e. The maximum absolute atomic E-state index is 10.8. The van der Waals surface area contributed by atoms with Crippen molar-refractivity contribution in [2.45, 2.75) is 25.2 Å². The molecule has 0 radical (unpaired) electrons. The van der Waals surface area contributed by atoms with Crippen LogP contribution in [0.4, 0.5) is 0 Å². The van der Waals surface area contributed by atoms with Gasteiger partial charge in [0.2, 0.25) is 0 Å². The van der Waals surface area contributed by atoms with Crippen LogP contribution in [0.15, 0.2) is 12.5 Å². The Morgan fingerprint density at radius 1 is 1.73 bits per heavy atom. The Morgan fingerprint density at radius 2 is 2.53 bits per heavy atom. The van der Waals surface area contributed by atoms with Crippen LogP contribution in [0.1, 0.15) is 29.6 Å². The Labute approximate surface area is 86.7 Å². The van der Waals surface area contributed by atoms with Gasteiger partial charge >= 0.3 is 0 Å². The van der Waals surface area contributed by atoms with E-state index in [4.69, 9.17) is 15.6 Å². The number of aliphatic hydroxyl groups is 1. The average molecular weight is 211 g/mol. The van der Waals surface area contributed by atoms with Crippen LogP contribution in [0.3, 0.4) is 0 Å². The first-order valence-electron chi connectivity index (χ1n) is 4.80. The molecule has 6 nitrogen and oxygen atoms in total. The predicted molar refractivity (Wildman–Crippen MR) is 51.0 cm³/mol. The third kappa shape index (κ3) is 2.00. The minimum absolute atomic E-state index is 0.0217. The van der Waals surface area contributed by atoms with E-state index in [0.717, 1.165) is 12.8 Å². The zero-order chi connectivity index (χ0) is 10.8. The third-order valence-corrected chi connectivity index (χ3v) is 2.48. The zero-order valence-corrected chi connectivity index (χ0v) is 8.17. The topological polar surface area (TPSA) is 90.4 Å². The van der Waals surface area contributed by atoms with E-state index in [1.807, 2.05) is 0 Å². The lowest BCUT2D eigenvalue weighted by Crippen LogP contribution is -2.14. The van der Waals surface area contributed by atoms with E-state index in [1.165, 1.54) is 6.33 Å². The number of amides is 1. The van der Waals surface area contributed by atoms with E-state index < -0.39 is 5.91 Å². The highest BCUT2D eigenvalue weighted by Crippen LogP contribution is 2.27. The summed E-state index contributed by atoms with van der Waals surface area (Å²) in [5.41, 5.74) is 5.31. The number of ether oxygens (including phenoxy) is 1. The van der Waals surface area contributed by atoms with E-state index >= 15 is 0 Å². The molecule has 1 aromatic rings. The van der Waals surface area contributed by atoms with Gasteiger partial charge in [-0.3, -0.25) is 4.79 Å². The molecule has 82 valence electrons. The quantitative estimate of drug-likeness (QED) is 0.715.